The fourth-order valence-electron chi connectivity index (χ4n) is 1.93. The molecule has 1 amide bonds. The molecule has 2 aromatic carbocycles. The Morgan fingerprint density at radius 2 is 2.04 bits per heavy atom. The number of carbonyl (C=O) groups is 1. The standard InChI is InChI=1S/C16H15ClN2O4/c1-10-8-12(17)6-7-15(10)23-11(2)16(20)18-13-4-3-5-14(9-13)19(21)22/h3-9,11H,1-2H3,(H,18,20). The van der Waals surface area contributed by atoms with Gasteiger partial charge in [-0.2, -0.15) is 0 Å². The first-order valence-corrected chi connectivity index (χ1v) is 7.23. The molecule has 0 aliphatic heterocycles. The van der Waals surface area contributed by atoms with Crippen LogP contribution in [0.25, 0.3) is 0 Å². The molecule has 2 rings (SSSR count). The number of aryl methyl sites for hydroxylation is 1. The molecule has 0 aromatic heterocycles. The van der Waals surface area contributed by atoms with Gasteiger partial charge in [0, 0.05) is 22.8 Å². The van der Waals surface area contributed by atoms with Crippen LogP contribution in [0.4, 0.5) is 11.4 Å². The van der Waals surface area contributed by atoms with Gasteiger partial charge in [-0.1, -0.05) is 17.7 Å². The third kappa shape index (κ3) is 4.43. The lowest BCUT2D eigenvalue weighted by molar-refractivity contribution is -0.384. The molecule has 0 bridgehead atoms. The lowest BCUT2D eigenvalue weighted by atomic mass is 10.2. The normalized spacial score (nSPS) is 11.6. The number of nitro benzene ring substituents is 1. The number of non-ortho nitro benzene ring substituents is 1. The fourth-order valence-corrected chi connectivity index (χ4v) is 2.16. The number of ether oxygens (including phenoxy) is 1. The van der Waals surface area contributed by atoms with Crippen LogP contribution in [0, 0.1) is 17.0 Å². The molecular weight excluding hydrogens is 320 g/mol. The summed E-state index contributed by atoms with van der Waals surface area (Å²) in [5.41, 5.74) is 1.06. The Morgan fingerprint density at radius 1 is 1.30 bits per heavy atom. The number of nitro groups is 1. The smallest absolute Gasteiger partial charge is 0.271 e. The predicted molar refractivity (Wildman–Crippen MR) is 88.0 cm³/mol. The van der Waals surface area contributed by atoms with Gasteiger partial charge >= 0.3 is 0 Å². The summed E-state index contributed by atoms with van der Waals surface area (Å²) in [5.74, 6) is 0.149. The third-order valence-corrected chi connectivity index (χ3v) is 3.37. The van der Waals surface area contributed by atoms with Crippen LogP contribution in [0.1, 0.15) is 12.5 Å². The molecule has 0 aliphatic rings. The van der Waals surface area contributed by atoms with Crippen LogP contribution in [0.3, 0.4) is 0 Å². The van der Waals surface area contributed by atoms with Gasteiger partial charge in [-0.25, -0.2) is 0 Å². The number of carbonyl (C=O) groups excluding carboxylic acids is 1. The minimum Gasteiger partial charge on any atom is -0.481 e. The molecule has 23 heavy (non-hydrogen) atoms. The molecule has 0 aliphatic carbocycles. The Balaban J connectivity index is 2.05. The molecule has 120 valence electrons. The first-order chi connectivity index (χ1) is 10.9. The second-order valence-corrected chi connectivity index (χ2v) is 5.40. The average Bonchev–Trinajstić information content (AvgIpc) is 2.50. The highest BCUT2D eigenvalue weighted by molar-refractivity contribution is 6.30. The first kappa shape index (κ1) is 16.8. The monoisotopic (exact) mass is 334 g/mol. The Labute approximate surface area is 138 Å². The zero-order chi connectivity index (χ0) is 17.0. The van der Waals surface area contributed by atoms with Gasteiger partial charge in [-0.3, -0.25) is 14.9 Å². The SMILES string of the molecule is Cc1cc(Cl)ccc1OC(C)C(=O)Nc1cccc([N+](=O)[O-])c1. The van der Waals surface area contributed by atoms with E-state index in [9.17, 15) is 14.9 Å². The van der Waals surface area contributed by atoms with E-state index in [-0.39, 0.29) is 5.69 Å². The summed E-state index contributed by atoms with van der Waals surface area (Å²) in [4.78, 5) is 22.4. The van der Waals surface area contributed by atoms with Crippen molar-refractivity contribution in [2.75, 3.05) is 5.32 Å². The number of halogens is 1. The maximum atomic E-state index is 12.1. The van der Waals surface area contributed by atoms with Crippen LogP contribution in [0.2, 0.25) is 5.02 Å². The van der Waals surface area contributed by atoms with E-state index < -0.39 is 16.9 Å². The molecule has 0 heterocycles. The highest BCUT2D eigenvalue weighted by Gasteiger charge is 2.17. The molecule has 6 nitrogen and oxygen atoms in total. The second kappa shape index (κ2) is 7.11. The van der Waals surface area contributed by atoms with Crippen molar-refractivity contribution in [1.29, 1.82) is 0 Å². The van der Waals surface area contributed by atoms with Crippen molar-refractivity contribution < 1.29 is 14.5 Å². The van der Waals surface area contributed by atoms with Gasteiger partial charge in [0.2, 0.25) is 0 Å². The minimum absolute atomic E-state index is 0.0927. The quantitative estimate of drug-likeness (QED) is 0.662. The van der Waals surface area contributed by atoms with Crippen molar-refractivity contribution in [3.63, 3.8) is 0 Å². The molecule has 7 heteroatoms. The number of anilines is 1. The second-order valence-electron chi connectivity index (χ2n) is 4.97. The molecule has 0 saturated heterocycles. The maximum Gasteiger partial charge on any atom is 0.271 e. The van der Waals surface area contributed by atoms with Crippen molar-refractivity contribution in [1.82, 2.24) is 0 Å². The summed E-state index contributed by atoms with van der Waals surface area (Å²) >= 11 is 5.87. The van der Waals surface area contributed by atoms with Gasteiger partial charge in [0.15, 0.2) is 6.10 Å². The van der Waals surface area contributed by atoms with Gasteiger partial charge in [0.05, 0.1) is 4.92 Å². The average molecular weight is 335 g/mol. The zero-order valence-electron chi connectivity index (χ0n) is 12.6. The largest absolute Gasteiger partial charge is 0.481 e. The van der Waals surface area contributed by atoms with Crippen molar-refractivity contribution in [2.45, 2.75) is 20.0 Å². The van der Waals surface area contributed by atoms with Gasteiger partial charge in [-0.15, -0.1) is 0 Å². The van der Waals surface area contributed by atoms with E-state index in [1.54, 1.807) is 31.2 Å². The van der Waals surface area contributed by atoms with Crippen molar-refractivity contribution in [2.24, 2.45) is 0 Å². The Kier molecular flexibility index (Phi) is 5.18. The maximum absolute atomic E-state index is 12.1. The number of nitrogens with zero attached hydrogens (tertiary/aromatic N) is 1. The number of amides is 1. The molecule has 0 fully saturated rings. The van der Waals surface area contributed by atoms with E-state index in [0.717, 1.165) is 5.56 Å². The number of nitrogens with one attached hydrogen (secondary N) is 1. The predicted octanol–water partition coefficient (Wildman–Crippen LogP) is 3.96. The van der Waals surface area contributed by atoms with Crippen LogP contribution < -0.4 is 10.1 Å². The number of hydrogen-bond acceptors (Lipinski definition) is 4. The Morgan fingerprint density at radius 3 is 2.70 bits per heavy atom. The first-order valence-electron chi connectivity index (χ1n) is 6.85. The summed E-state index contributed by atoms with van der Waals surface area (Å²) in [6.45, 7) is 3.42. The lowest BCUT2D eigenvalue weighted by Gasteiger charge is -2.16. The van der Waals surface area contributed by atoms with Crippen LogP contribution in [0.5, 0.6) is 5.75 Å². The topological polar surface area (TPSA) is 81.5 Å². The summed E-state index contributed by atoms with van der Waals surface area (Å²) in [6.07, 6.45) is -0.769. The van der Waals surface area contributed by atoms with E-state index in [1.165, 1.54) is 18.2 Å². The molecule has 1 N–H and O–H groups in total. The van der Waals surface area contributed by atoms with E-state index in [0.29, 0.717) is 16.5 Å². The third-order valence-electron chi connectivity index (χ3n) is 3.13. The van der Waals surface area contributed by atoms with Crippen LogP contribution in [-0.2, 0) is 4.79 Å². The molecule has 1 unspecified atom stereocenters. The van der Waals surface area contributed by atoms with Crippen LogP contribution >= 0.6 is 11.6 Å². The molecule has 0 radical (unpaired) electrons. The summed E-state index contributed by atoms with van der Waals surface area (Å²) < 4.78 is 5.61. The van der Waals surface area contributed by atoms with E-state index in [2.05, 4.69) is 5.32 Å². The van der Waals surface area contributed by atoms with Gasteiger partial charge in [0.25, 0.3) is 11.6 Å². The fraction of sp³-hybridized carbons (Fsp3) is 0.188. The van der Waals surface area contributed by atoms with Crippen molar-refractivity contribution in [3.8, 4) is 5.75 Å². The zero-order valence-corrected chi connectivity index (χ0v) is 13.3. The highest BCUT2D eigenvalue weighted by Crippen LogP contribution is 2.23. The van der Waals surface area contributed by atoms with Gasteiger partial charge in [-0.05, 0) is 43.7 Å². The van der Waals surface area contributed by atoms with E-state index >= 15 is 0 Å². The molecule has 0 saturated carbocycles. The number of rotatable bonds is 5. The molecule has 0 spiro atoms. The number of hydrogen-bond donors (Lipinski definition) is 1. The highest BCUT2D eigenvalue weighted by atomic mass is 35.5. The Bertz CT molecular complexity index is 749. The Hall–Kier alpha value is -2.60. The number of benzene rings is 2. The lowest BCUT2D eigenvalue weighted by Crippen LogP contribution is -2.30. The summed E-state index contributed by atoms with van der Waals surface area (Å²) in [6, 6.07) is 10.8. The van der Waals surface area contributed by atoms with E-state index in [4.69, 9.17) is 16.3 Å². The van der Waals surface area contributed by atoms with Gasteiger partial charge in [0.1, 0.15) is 5.75 Å². The summed E-state index contributed by atoms with van der Waals surface area (Å²) in [7, 11) is 0. The van der Waals surface area contributed by atoms with E-state index in [1.807, 2.05) is 6.92 Å². The van der Waals surface area contributed by atoms with Crippen molar-refractivity contribution >= 4 is 28.9 Å². The van der Waals surface area contributed by atoms with Crippen LogP contribution in [-0.4, -0.2) is 16.9 Å². The van der Waals surface area contributed by atoms with Crippen molar-refractivity contribution in [3.05, 3.63) is 63.2 Å². The summed E-state index contributed by atoms with van der Waals surface area (Å²) in [5, 5.41) is 13.9. The molecular formula is C16H15ClN2O4. The minimum atomic E-state index is -0.769. The molecule has 1 atom stereocenters. The van der Waals surface area contributed by atoms with Crippen LogP contribution in [0.15, 0.2) is 42.5 Å². The van der Waals surface area contributed by atoms with Gasteiger partial charge < -0.3 is 10.1 Å². The molecule has 2 aromatic rings.